The number of hydrogen-bond acceptors (Lipinski definition) is 3. The number of nitrogens with zero attached hydrogens (tertiary/aromatic N) is 1. The van der Waals surface area contributed by atoms with Crippen LogP contribution in [-0.2, 0) is 4.79 Å². The Labute approximate surface area is 117 Å². The molecule has 0 spiro atoms. The number of carbonyl (C=O) groups is 1. The highest BCUT2D eigenvalue weighted by Gasteiger charge is 2.31. The summed E-state index contributed by atoms with van der Waals surface area (Å²) in [6, 6.07) is 5.31. The predicted molar refractivity (Wildman–Crippen MR) is 69.8 cm³/mol. The Hall–Kier alpha value is -2.57. The van der Waals surface area contributed by atoms with Crippen LogP contribution < -0.4 is 4.74 Å². The van der Waals surface area contributed by atoms with E-state index in [9.17, 15) is 18.0 Å². The first kappa shape index (κ1) is 14.8. The van der Waals surface area contributed by atoms with E-state index in [0.29, 0.717) is 22.2 Å². The maximum absolute atomic E-state index is 12.2. The third-order valence-corrected chi connectivity index (χ3v) is 2.58. The molecular formula is C14H10F3NO3. The van der Waals surface area contributed by atoms with Crippen molar-refractivity contribution in [2.75, 3.05) is 0 Å². The molecule has 21 heavy (non-hydrogen) atoms. The Morgan fingerprint density at radius 3 is 2.67 bits per heavy atom. The molecule has 0 atom stereocenters. The van der Waals surface area contributed by atoms with Crippen LogP contribution in [0.2, 0.25) is 0 Å². The summed E-state index contributed by atoms with van der Waals surface area (Å²) in [5.41, 5.74) is 1.53. The smallest absolute Gasteiger partial charge is 0.478 e. The molecule has 0 fully saturated rings. The van der Waals surface area contributed by atoms with Gasteiger partial charge in [-0.15, -0.1) is 13.2 Å². The van der Waals surface area contributed by atoms with Gasteiger partial charge >= 0.3 is 12.3 Å². The van der Waals surface area contributed by atoms with E-state index in [4.69, 9.17) is 5.11 Å². The Balaban J connectivity index is 2.55. The second kappa shape index (κ2) is 5.43. The molecule has 1 N–H and O–H groups in total. The van der Waals surface area contributed by atoms with Gasteiger partial charge in [-0.3, -0.25) is 4.98 Å². The standard InChI is InChI=1S/C14H10F3NO3/c1-8-6-9(2-5-13(19)20)11-7-10(21-14(15,16)17)3-4-12(11)18-8/h2-7H,1H3,(H,19,20)/b5-2+. The first-order chi connectivity index (χ1) is 9.74. The summed E-state index contributed by atoms with van der Waals surface area (Å²) < 4.78 is 40.5. The third-order valence-electron chi connectivity index (χ3n) is 2.58. The fraction of sp³-hybridized carbons (Fsp3) is 0.143. The zero-order chi connectivity index (χ0) is 15.6. The van der Waals surface area contributed by atoms with Gasteiger partial charge in [-0.05, 0) is 42.8 Å². The molecule has 1 aromatic heterocycles. The van der Waals surface area contributed by atoms with Crippen molar-refractivity contribution in [1.82, 2.24) is 4.98 Å². The van der Waals surface area contributed by atoms with Gasteiger partial charge in [-0.2, -0.15) is 0 Å². The fourth-order valence-corrected chi connectivity index (χ4v) is 1.87. The molecule has 0 aliphatic carbocycles. The van der Waals surface area contributed by atoms with E-state index in [1.54, 1.807) is 13.0 Å². The molecule has 0 aliphatic rings. The highest BCUT2D eigenvalue weighted by atomic mass is 19.4. The molecule has 0 unspecified atom stereocenters. The van der Waals surface area contributed by atoms with Gasteiger partial charge in [0.2, 0.25) is 0 Å². The van der Waals surface area contributed by atoms with Crippen LogP contribution in [0.3, 0.4) is 0 Å². The van der Waals surface area contributed by atoms with E-state index in [0.717, 1.165) is 12.1 Å². The van der Waals surface area contributed by atoms with Crippen molar-refractivity contribution in [2.45, 2.75) is 13.3 Å². The van der Waals surface area contributed by atoms with Crippen molar-refractivity contribution in [3.63, 3.8) is 0 Å². The van der Waals surface area contributed by atoms with E-state index < -0.39 is 12.3 Å². The molecule has 0 saturated heterocycles. The number of rotatable bonds is 3. The van der Waals surface area contributed by atoms with Crippen molar-refractivity contribution in [3.05, 3.63) is 41.6 Å². The van der Waals surface area contributed by atoms with Crippen molar-refractivity contribution in [2.24, 2.45) is 0 Å². The lowest BCUT2D eigenvalue weighted by atomic mass is 10.1. The van der Waals surface area contributed by atoms with Gasteiger partial charge in [0.1, 0.15) is 5.75 Å². The molecule has 0 bridgehead atoms. The molecule has 7 heteroatoms. The summed E-state index contributed by atoms with van der Waals surface area (Å²) in [6.45, 7) is 1.71. The Bertz CT molecular complexity index is 723. The fourth-order valence-electron chi connectivity index (χ4n) is 1.87. The van der Waals surface area contributed by atoms with E-state index in [1.165, 1.54) is 18.2 Å². The van der Waals surface area contributed by atoms with Crippen LogP contribution in [0.1, 0.15) is 11.3 Å². The summed E-state index contributed by atoms with van der Waals surface area (Å²) >= 11 is 0. The number of aliphatic carboxylic acids is 1. The summed E-state index contributed by atoms with van der Waals surface area (Å²) in [5, 5.41) is 9.02. The second-order valence-electron chi connectivity index (χ2n) is 4.25. The van der Waals surface area contributed by atoms with Crippen LogP contribution in [0.25, 0.3) is 17.0 Å². The number of fused-ring (bicyclic) bond motifs is 1. The van der Waals surface area contributed by atoms with Gasteiger partial charge in [0.15, 0.2) is 0 Å². The number of pyridine rings is 1. The average Bonchev–Trinajstić information content (AvgIpc) is 2.34. The number of benzene rings is 1. The molecule has 0 radical (unpaired) electrons. The number of aromatic nitrogens is 1. The maximum Gasteiger partial charge on any atom is 0.573 e. The molecule has 110 valence electrons. The van der Waals surface area contributed by atoms with E-state index in [1.807, 2.05) is 0 Å². The lowest BCUT2D eigenvalue weighted by molar-refractivity contribution is -0.274. The Morgan fingerprint density at radius 1 is 1.33 bits per heavy atom. The zero-order valence-electron chi connectivity index (χ0n) is 10.8. The average molecular weight is 297 g/mol. The van der Waals surface area contributed by atoms with Gasteiger partial charge in [0.05, 0.1) is 5.52 Å². The lowest BCUT2D eigenvalue weighted by Gasteiger charge is -2.10. The number of carboxylic acids is 1. The van der Waals surface area contributed by atoms with Gasteiger partial charge in [-0.25, -0.2) is 4.79 Å². The summed E-state index contributed by atoms with van der Waals surface area (Å²) in [7, 11) is 0. The van der Waals surface area contributed by atoms with Crippen molar-refractivity contribution >= 4 is 22.9 Å². The minimum atomic E-state index is -4.79. The Morgan fingerprint density at radius 2 is 2.05 bits per heavy atom. The molecule has 0 aliphatic heterocycles. The quantitative estimate of drug-likeness (QED) is 0.880. The second-order valence-corrected chi connectivity index (χ2v) is 4.25. The summed E-state index contributed by atoms with van der Waals surface area (Å²) in [5.74, 6) is -1.54. The van der Waals surface area contributed by atoms with Crippen molar-refractivity contribution in [1.29, 1.82) is 0 Å². The normalized spacial score (nSPS) is 12.0. The van der Waals surface area contributed by atoms with Gasteiger partial charge in [-0.1, -0.05) is 0 Å². The topological polar surface area (TPSA) is 59.4 Å². The largest absolute Gasteiger partial charge is 0.573 e. The Kier molecular flexibility index (Phi) is 3.84. The molecule has 4 nitrogen and oxygen atoms in total. The molecule has 2 aromatic rings. The molecule has 2 rings (SSSR count). The number of aryl methyl sites for hydroxylation is 1. The van der Waals surface area contributed by atoms with E-state index in [-0.39, 0.29) is 5.75 Å². The van der Waals surface area contributed by atoms with E-state index >= 15 is 0 Å². The first-order valence-electron chi connectivity index (χ1n) is 5.83. The van der Waals surface area contributed by atoms with Crippen LogP contribution >= 0.6 is 0 Å². The van der Waals surface area contributed by atoms with Gasteiger partial charge in [0.25, 0.3) is 0 Å². The number of ether oxygens (including phenoxy) is 1. The maximum atomic E-state index is 12.2. The van der Waals surface area contributed by atoms with Crippen LogP contribution in [0.15, 0.2) is 30.3 Å². The minimum Gasteiger partial charge on any atom is -0.478 e. The minimum absolute atomic E-state index is 0.375. The highest BCUT2D eigenvalue weighted by molar-refractivity contribution is 5.93. The van der Waals surface area contributed by atoms with Gasteiger partial charge in [0, 0.05) is 17.2 Å². The molecule has 0 saturated carbocycles. The van der Waals surface area contributed by atoms with Crippen LogP contribution in [0, 0.1) is 6.92 Å². The molecule has 1 aromatic carbocycles. The zero-order valence-corrected chi connectivity index (χ0v) is 10.8. The van der Waals surface area contributed by atoms with Crippen molar-refractivity contribution in [3.8, 4) is 5.75 Å². The van der Waals surface area contributed by atoms with Gasteiger partial charge < -0.3 is 9.84 Å². The number of hydrogen-bond donors (Lipinski definition) is 1. The van der Waals surface area contributed by atoms with Crippen LogP contribution in [0.4, 0.5) is 13.2 Å². The first-order valence-corrected chi connectivity index (χ1v) is 5.83. The summed E-state index contributed by atoms with van der Waals surface area (Å²) in [6.07, 6.45) is -2.58. The number of halogens is 3. The molecule has 1 heterocycles. The molecule has 0 amide bonds. The predicted octanol–water partition coefficient (Wildman–Crippen LogP) is 3.54. The third kappa shape index (κ3) is 3.95. The monoisotopic (exact) mass is 297 g/mol. The summed E-state index contributed by atoms with van der Waals surface area (Å²) in [4.78, 5) is 14.8. The SMILES string of the molecule is Cc1cc(/C=C/C(=O)O)c2cc(OC(F)(F)F)ccc2n1. The van der Waals surface area contributed by atoms with Crippen molar-refractivity contribution < 1.29 is 27.8 Å². The highest BCUT2D eigenvalue weighted by Crippen LogP contribution is 2.28. The lowest BCUT2D eigenvalue weighted by Crippen LogP contribution is -2.17. The number of carboxylic acid groups (broad SMARTS) is 1. The van der Waals surface area contributed by atoms with Crippen LogP contribution in [0.5, 0.6) is 5.75 Å². The molecular weight excluding hydrogens is 287 g/mol. The van der Waals surface area contributed by atoms with Crippen LogP contribution in [-0.4, -0.2) is 22.4 Å². The number of alkyl halides is 3. The van der Waals surface area contributed by atoms with E-state index in [2.05, 4.69) is 9.72 Å².